The number of thioether (sulfide) groups is 1. The van der Waals surface area contributed by atoms with Gasteiger partial charge in [-0.2, -0.15) is 10.2 Å². The monoisotopic (exact) mass is 478 g/mol. The van der Waals surface area contributed by atoms with Crippen LogP contribution in [0.25, 0.3) is 0 Å². The molecule has 34 heavy (non-hydrogen) atoms. The molecule has 1 amide bonds. The lowest BCUT2D eigenvalue weighted by Gasteiger charge is -2.18. The largest absolute Gasteiger partial charge is 0.325 e. The number of aromatic amines is 1. The molecule has 3 N–H and O–H groups in total. The highest BCUT2D eigenvalue weighted by atomic mass is 32.2. The van der Waals surface area contributed by atoms with Crippen LogP contribution in [-0.2, 0) is 4.79 Å². The van der Waals surface area contributed by atoms with E-state index in [0.29, 0.717) is 13.1 Å². The highest BCUT2D eigenvalue weighted by Crippen LogP contribution is 2.24. The van der Waals surface area contributed by atoms with Crippen molar-refractivity contribution in [3.8, 4) is 0 Å². The first-order valence-corrected chi connectivity index (χ1v) is 12.2. The number of aryl methyl sites for hydroxylation is 1. The van der Waals surface area contributed by atoms with Crippen LogP contribution in [0.3, 0.4) is 0 Å². The quantitative estimate of drug-likeness (QED) is 0.454. The summed E-state index contributed by atoms with van der Waals surface area (Å²) in [6.45, 7) is 8.87. The van der Waals surface area contributed by atoms with Crippen molar-refractivity contribution in [1.29, 1.82) is 0 Å². The molecule has 0 saturated carbocycles. The maximum absolute atomic E-state index is 12.4. The Morgan fingerprint density at radius 3 is 2.76 bits per heavy atom. The van der Waals surface area contributed by atoms with Crippen LogP contribution in [0, 0.1) is 6.92 Å². The molecule has 0 radical (unpaired) electrons. The summed E-state index contributed by atoms with van der Waals surface area (Å²) < 4.78 is 1.86. The minimum atomic E-state index is 0.00554. The van der Waals surface area contributed by atoms with Crippen molar-refractivity contribution in [2.45, 2.75) is 32.1 Å². The lowest BCUT2D eigenvalue weighted by molar-refractivity contribution is -0.117. The summed E-state index contributed by atoms with van der Waals surface area (Å²) in [5.41, 5.74) is 2.78. The van der Waals surface area contributed by atoms with Crippen molar-refractivity contribution in [1.82, 2.24) is 19.8 Å². The Kier molecular flexibility index (Phi) is 7.81. The van der Waals surface area contributed by atoms with Crippen LogP contribution in [0.15, 0.2) is 63.8 Å². The van der Waals surface area contributed by atoms with Gasteiger partial charge in [0.2, 0.25) is 5.91 Å². The van der Waals surface area contributed by atoms with Gasteiger partial charge in [0.15, 0.2) is 5.84 Å². The van der Waals surface area contributed by atoms with Crippen LogP contribution in [0.2, 0.25) is 0 Å². The van der Waals surface area contributed by atoms with E-state index >= 15 is 0 Å². The zero-order valence-electron chi connectivity index (χ0n) is 19.7. The molecule has 0 bridgehead atoms. The zero-order valence-corrected chi connectivity index (χ0v) is 20.5. The van der Waals surface area contributed by atoms with Gasteiger partial charge < -0.3 is 10.6 Å². The van der Waals surface area contributed by atoms with Gasteiger partial charge in [0.25, 0.3) is 0 Å². The predicted octanol–water partition coefficient (Wildman–Crippen LogP) is 4.02. The number of hydrogen-bond donors (Lipinski definition) is 3. The maximum Gasteiger partial charge on any atom is 0.238 e. The number of hydrogen-bond acceptors (Lipinski definition) is 7. The molecule has 1 aliphatic rings. The number of fused-ring (bicyclic) bond motifs is 1. The van der Waals surface area contributed by atoms with Gasteiger partial charge in [0.05, 0.1) is 19.3 Å². The summed E-state index contributed by atoms with van der Waals surface area (Å²) in [5.74, 6) is 1.51. The summed E-state index contributed by atoms with van der Waals surface area (Å²) in [4.78, 5) is 20.3. The average Bonchev–Trinajstić information content (AvgIpc) is 3.43. The molecule has 1 aromatic carbocycles. The lowest BCUT2D eigenvalue weighted by atomic mass is 10.3. The molecule has 9 nitrogen and oxygen atoms in total. The topological polar surface area (TPSA) is 103 Å². The number of aromatic nitrogens is 3. The Bertz CT molecular complexity index is 1160. The Morgan fingerprint density at radius 2 is 2.06 bits per heavy atom. The minimum absolute atomic E-state index is 0.00554. The fraction of sp³-hybridized carbons (Fsp3) is 0.333. The lowest BCUT2D eigenvalue weighted by Crippen LogP contribution is -2.33. The standard InChI is InChI=1S/C24H30N8OS/c1-4-12-31(5-2)16-22(33)27-18-6-8-19(9-7-18)34-23-14-25-24(28-21-10-11-26-29-21)20-13-17(3)15-32(20)30-23/h6-11,13,15H,4-5,12,14,16H2,1-3H3,(H,27,33)(H2,25,26,28,29). The van der Waals surface area contributed by atoms with E-state index in [9.17, 15) is 4.79 Å². The van der Waals surface area contributed by atoms with E-state index in [1.54, 1.807) is 18.0 Å². The van der Waals surface area contributed by atoms with Crippen molar-refractivity contribution in [2.75, 3.05) is 36.8 Å². The molecule has 0 saturated heterocycles. The second kappa shape index (κ2) is 11.2. The third kappa shape index (κ3) is 6.15. The molecule has 0 atom stereocenters. The zero-order chi connectivity index (χ0) is 23.9. The van der Waals surface area contributed by atoms with E-state index in [1.807, 2.05) is 48.1 Å². The van der Waals surface area contributed by atoms with Crippen LogP contribution in [0.1, 0.15) is 31.5 Å². The number of carbonyl (C=O) groups excluding carboxylic acids is 1. The molecule has 10 heteroatoms. The van der Waals surface area contributed by atoms with Crippen LogP contribution >= 0.6 is 11.8 Å². The van der Waals surface area contributed by atoms with Gasteiger partial charge in [-0.15, -0.1) is 0 Å². The van der Waals surface area contributed by atoms with Crippen molar-refractivity contribution in [3.05, 3.63) is 60.0 Å². The van der Waals surface area contributed by atoms with Crippen LogP contribution in [0.5, 0.6) is 0 Å². The highest BCUT2D eigenvalue weighted by molar-refractivity contribution is 8.14. The van der Waals surface area contributed by atoms with E-state index in [1.165, 1.54) is 0 Å². The Morgan fingerprint density at radius 1 is 1.24 bits per heavy atom. The fourth-order valence-corrected chi connectivity index (χ4v) is 4.44. The first kappa shape index (κ1) is 23.8. The molecule has 2 aromatic heterocycles. The molecular weight excluding hydrogens is 448 g/mol. The molecule has 0 spiro atoms. The summed E-state index contributed by atoms with van der Waals surface area (Å²) in [7, 11) is 0. The second-order valence-electron chi connectivity index (χ2n) is 8.04. The Balaban J connectivity index is 1.42. The summed E-state index contributed by atoms with van der Waals surface area (Å²) in [6.07, 6.45) is 4.71. The molecule has 4 rings (SSSR count). The number of nitrogens with zero attached hydrogens (tertiary/aromatic N) is 5. The maximum atomic E-state index is 12.4. The Labute approximate surface area is 203 Å². The first-order valence-electron chi connectivity index (χ1n) is 11.4. The number of H-pyrrole nitrogens is 1. The summed E-state index contributed by atoms with van der Waals surface area (Å²) in [5, 5.41) is 18.8. The van der Waals surface area contributed by atoms with Gasteiger partial charge in [-0.1, -0.05) is 25.6 Å². The van der Waals surface area contributed by atoms with E-state index < -0.39 is 0 Å². The van der Waals surface area contributed by atoms with Gasteiger partial charge in [-0.25, -0.2) is 4.68 Å². The number of amidine groups is 1. The van der Waals surface area contributed by atoms with Gasteiger partial charge in [-0.05, 0) is 62.3 Å². The summed E-state index contributed by atoms with van der Waals surface area (Å²) in [6, 6.07) is 11.7. The second-order valence-corrected chi connectivity index (χ2v) is 9.19. The van der Waals surface area contributed by atoms with Crippen molar-refractivity contribution < 1.29 is 4.79 Å². The average molecular weight is 479 g/mol. The molecule has 178 valence electrons. The molecule has 1 aliphatic heterocycles. The minimum Gasteiger partial charge on any atom is -0.325 e. The summed E-state index contributed by atoms with van der Waals surface area (Å²) >= 11 is 1.56. The third-order valence-corrected chi connectivity index (χ3v) is 6.21. The molecule has 0 unspecified atom stereocenters. The van der Waals surface area contributed by atoms with Crippen LogP contribution in [0.4, 0.5) is 11.5 Å². The molecule has 0 aliphatic carbocycles. The number of benzene rings is 1. The molecule has 3 heterocycles. The normalized spacial score (nSPS) is 13.2. The molecular formula is C24H30N8OS. The van der Waals surface area contributed by atoms with E-state index in [-0.39, 0.29) is 5.91 Å². The number of likely N-dealkylation sites (N-methyl/N-ethyl adjacent to an activating group) is 1. The van der Waals surface area contributed by atoms with Gasteiger partial charge in [0, 0.05) is 22.8 Å². The molecule has 0 fully saturated rings. The van der Waals surface area contributed by atoms with Crippen molar-refractivity contribution in [3.63, 3.8) is 0 Å². The molecule has 3 aromatic rings. The van der Waals surface area contributed by atoms with E-state index in [0.717, 1.165) is 58.0 Å². The fourth-order valence-electron chi connectivity index (χ4n) is 3.64. The van der Waals surface area contributed by atoms with Gasteiger partial charge in [0.1, 0.15) is 16.6 Å². The Hall–Kier alpha value is -3.37. The van der Waals surface area contributed by atoms with E-state index in [4.69, 9.17) is 10.1 Å². The van der Waals surface area contributed by atoms with Crippen LogP contribution < -0.4 is 10.6 Å². The SMILES string of the molecule is CCCN(CC)CC(=O)Nc1ccc(SC2=Nn3cc(C)cc3C(Nc3ccn[nH]3)=NC2)cc1. The first-order chi connectivity index (χ1) is 16.5. The van der Waals surface area contributed by atoms with E-state index in [2.05, 4.69) is 45.6 Å². The predicted molar refractivity (Wildman–Crippen MR) is 139 cm³/mol. The van der Waals surface area contributed by atoms with Crippen molar-refractivity contribution in [2.24, 2.45) is 10.1 Å². The van der Waals surface area contributed by atoms with Crippen molar-refractivity contribution >= 4 is 40.1 Å². The number of nitrogens with one attached hydrogen (secondary N) is 3. The highest BCUT2D eigenvalue weighted by Gasteiger charge is 2.17. The number of rotatable bonds is 8. The van der Waals surface area contributed by atoms with Crippen LogP contribution in [-0.4, -0.2) is 62.7 Å². The smallest absolute Gasteiger partial charge is 0.238 e. The van der Waals surface area contributed by atoms with Gasteiger partial charge >= 0.3 is 0 Å². The third-order valence-electron chi connectivity index (χ3n) is 5.25. The number of amides is 1. The number of anilines is 2. The number of aliphatic imine (C=N–C) groups is 1. The van der Waals surface area contributed by atoms with Gasteiger partial charge in [-0.3, -0.25) is 19.8 Å². The number of carbonyl (C=O) groups is 1.